The Kier molecular flexibility index (Phi) is 4.54. The number of methoxy groups -OCH3 is 1. The van der Waals surface area contributed by atoms with Gasteiger partial charge in [-0.05, 0) is 24.8 Å². The summed E-state index contributed by atoms with van der Waals surface area (Å²) in [5, 5.41) is 0. The Morgan fingerprint density at radius 3 is 2.67 bits per heavy atom. The van der Waals surface area contributed by atoms with Gasteiger partial charge in [0.25, 0.3) is 0 Å². The zero-order valence-corrected chi connectivity index (χ0v) is 10.8. The standard InChI is InChI=1S/C15H19NO2/c1-18-14-10-6-5-9-13(14)15(16-11-17)12-7-3-2-4-8-12/h5-6,9-10,12,15H,2-4,7-8H2,1H3. The maximum absolute atomic E-state index is 10.7. The Balaban J connectivity index is 2.30. The molecule has 1 saturated carbocycles. The van der Waals surface area contributed by atoms with Crippen molar-refractivity contribution >= 4 is 6.08 Å². The van der Waals surface area contributed by atoms with Crippen LogP contribution in [-0.4, -0.2) is 13.2 Å². The minimum Gasteiger partial charge on any atom is -0.496 e. The minimum absolute atomic E-state index is 0.0982. The summed E-state index contributed by atoms with van der Waals surface area (Å²) in [6, 6.07) is 7.72. The largest absolute Gasteiger partial charge is 0.496 e. The Morgan fingerprint density at radius 1 is 1.28 bits per heavy atom. The van der Waals surface area contributed by atoms with E-state index in [-0.39, 0.29) is 6.04 Å². The fraction of sp³-hybridized carbons (Fsp3) is 0.533. The fourth-order valence-electron chi connectivity index (χ4n) is 2.85. The van der Waals surface area contributed by atoms with Crippen molar-refractivity contribution in [1.82, 2.24) is 0 Å². The molecule has 0 spiro atoms. The molecule has 0 bridgehead atoms. The molecule has 3 nitrogen and oxygen atoms in total. The third-order valence-electron chi connectivity index (χ3n) is 3.75. The van der Waals surface area contributed by atoms with Crippen LogP contribution in [0.15, 0.2) is 29.3 Å². The van der Waals surface area contributed by atoms with Crippen molar-refractivity contribution in [1.29, 1.82) is 0 Å². The summed E-state index contributed by atoms with van der Waals surface area (Å²) >= 11 is 0. The molecule has 18 heavy (non-hydrogen) atoms. The second-order valence-electron chi connectivity index (χ2n) is 4.81. The lowest BCUT2D eigenvalue weighted by molar-refractivity contribution is 0.302. The molecule has 0 saturated heterocycles. The van der Waals surface area contributed by atoms with Gasteiger partial charge in [-0.3, -0.25) is 0 Å². The Bertz CT molecular complexity index is 432. The molecular formula is C15H19NO2. The molecule has 0 aromatic heterocycles. The summed E-state index contributed by atoms with van der Waals surface area (Å²) in [5.41, 5.74) is 1.01. The van der Waals surface area contributed by atoms with Gasteiger partial charge in [-0.1, -0.05) is 37.5 Å². The second kappa shape index (κ2) is 6.36. The summed E-state index contributed by atoms with van der Waals surface area (Å²) < 4.78 is 5.37. The van der Waals surface area contributed by atoms with Gasteiger partial charge in [-0.2, -0.15) is 4.99 Å². The molecule has 96 valence electrons. The minimum atomic E-state index is -0.0982. The Morgan fingerprint density at radius 2 is 2.00 bits per heavy atom. The van der Waals surface area contributed by atoms with Gasteiger partial charge in [-0.15, -0.1) is 0 Å². The van der Waals surface area contributed by atoms with E-state index >= 15 is 0 Å². The zero-order valence-electron chi connectivity index (χ0n) is 10.8. The van der Waals surface area contributed by atoms with Gasteiger partial charge >= 0.3 is 0 Å². The number of benzene rings is 1. The van der Waals surface area contributed by atoms with E-state index in [0.29, 0.717) is 5.92 Å². The highest BCUT2D eigenvalue weighted by molar-refractivity contribution is 5.41. The SMILES string of the molecule is COc1ccccc1C(N=C=O)C1CCCCC1. The van der Waals surface area contributed by atoms with Gasteiger partial charge < -0.3 is 4.74 Å². The smallest absolute Gasteiger partial charge is 0.235 e. The maximum Gasteiger partial charge on any atom is 0.235 e. The quantitative estimate of drug-likeness (QED) is 0.600. The summed E-state index contributed by atoms with van der Waals surface area (Å²) in [6.07, 6.45) is 7.75. The first-order valence-electron chi connectivity index (χ1n) is 6.56. The summed E-state index contributed by atoms with van der Waals surface area (Å²) in [4.78, 5) is 14.7. The van der Waals surface area contributed by atoms with Crippen LogP contribution in [-0.2, 0) is 4.79 Å². The van der Waals surface area contributed by atoms with E-state index in [9.17, 15) is 4.79 Å². The van der Waals surface area contributed by atoms with Gasteiger partial charge in [0.15, 0.2) is 0 Å². The van der Waals surface area contributed by atoms with Crippen molar-refractivity contribution in [3.8, 4) is 5.75 Å². The van der Waals surface area contributed by atoms with E-state index in [1.54, 1.807) is 13.2 Å². The highest BCUT2D eigenvalue weighted by atomic mass is 16.5. The third kappa shape index (κ3) is 2.80. The van der Waals surface area contributed by atoms with Gasteiger partial charge in [0.05, 0.1) is 13.2 Å². The van der Waals surface area contributed by atoms with Crippen LogP contribution < -0.4 is 4.74 Å². The number of isocyanates is 1. The van der Waals surface area contributed by atoms with Crippen LogP contribution >= 0.6 is 0 Å². The Labute approximate surface area is 108 Å². The molecule has 0 N–H and O–H groups in total. The van der Waals surface area contributed by atoms with Crippen LogP contribution in [0.25, 0.3) is 0 Å². The average molecular weight is 245 g/mol. The molecule has 1 fully saturated rings. The number of nitrogens with zero attached hydrogens (tertiary/aromatic N) is 1. The molecule has 1 unspecified atom stereocenters. The monoisotopic (exact) mass is 245 g/mol. The summed E-state index contributed by atoms with van der Waals surface area (Å²) in [7, 11) is 1.65. The first-order valence-corrected chi connectivity index (χ1v) is 6.56. The molecule has 1 aromatic rings. The molecule has 1 atom stereocenters. The predicted molar refractivity (Wildman–Crippen MR) is 70.4 cm³/mol. The van der Waals surface area contributed by atoms with Crippen LogP contribution in [0, 0.1) is 5.92 Å². The van der Waals surface area contributed by atoms with E-state index in [4.69, 9.17) is 4.74 Å². The molecule has 1 aromatic carbocycles. The van der Waals surface area contributed by atoms with E-state index in [1.807, 2.05) is 24.3 Å². The van der Waals surface area contributed by atoms with E-state index < -0.39 is 0 Å². The number of aliphatic imine (C=N–C) groups is 1. The average Bonchev–Trinajstić information content (AvgIpc) is 2.46. The number of carbonyl (C=O) groups excluding carboxylic acids is 1. The van der Waals surface area contributed by atoms with Crippen molar-refractivity contribution < 1.29 is 9.53 Å². The molecule has 0 amide bonds. The third-order valence-corrected chi connectivity index (χ3v) is 3.75. The van der Waals surface area contributed by atoms with Gasteiger partial charge in [0.1, 0.15) is 5.75 Å². The molecular weight excluding hydrogens is 226 g/mol. The maximum atomic E-state index is 10.7. The molecule has 0 radical (unpaired) electrons. The number of hydrogen-bond donors (Lipinski definition) is 0. The topological polar surface area (TPSA) is 38.7 Å². The molecule has 0 heterocycles. The van der Waals surface area contributed by atoms with Crippen LogP contribution in [0.1, 0.15) is 43.7 Å². The van der Waals surface area contributed by atoms with Crippen molar-refractivity contribution in [2.24, 2.45) is 10.9 Å². The number of para-hydroxylation sites is 1. The van der Waals surface area contributed by atoms with Crippen LogP contribution in [0.4, 0.5) is 0 Å². The molecule has 1 aliphatic rings. The molecule has 2 rings (SSSR count). The second-order valence-corrected chi connectivity index (χ2v) is 4.81. The highest BCUT2D eigenvalue weighted by Crippen LogP contribution is 2.39. The summed E-state index contributed by atoms with van der Waals surface area (Å²) in [5.74, 6) is 1.25. The van der Waals surface area contributed by atoms with Gasteiger partial charge in [-0.25, -0.2) is 4.79 Å². The van der Waals surface area contributed by atoms with Gasteiger partial charge in [0, 0.05) is 5.56 Å². The zero-order chi connectivity index (χ0) is 12.8. The molecule has 0 aliphatic heterocycles. The van der Waals surface area contributed by atoms with Crippen LogP contribution in [0.2, 0.25) is 0 Å². The number of rotatable bonds is 4. The van der Waals surface area contributed by atoms with Crippen molar-refractivity contribution in [2.75, 3.05) is 7.11 Å². The van der Waals surface area contributed by atoms with Crippen molar-refractivity contribution in [2.45, 2.75) is 38.1 Å². The van der Waals surface area contributed by atoms with Gasteiger partial charge in [0.2, 0.25) is 6.08 Å². The lowest BCUT2D eigenvalue weighted by Gasteiger charge is -2.27. The fourth-order valence-corrected chi connectivity index (χ4v) is 2.85. The van der Waals surface area contributed by atoms with Crippen LogP contribution in [0.5, 0.6) is 5.75 Å². The normalized spacial score (nSPS) is 17.8. The van der Waals surface area contributed by atoms with Crippen molar-refractivity contribution in [3.63, 3.8) is 0 Å². The molecule has 1 aliphatic carbocycles. The number of ether oxygens (including phenoxy) is 1. The van der Waals surface area contributed by atoms with Crippen molar-refractivity contribution in [3.05, 3.63) is 29.8 Å². The molecule has 3 heteroatoms. The van der Waals surface area contributed by atoms with E-state index in [0.717, 1.165) is 24.2 Å². The lowest BCUT2D eigenvalue weighted by Crippen LogP contribution is -2.15. The Hall–Kier alpha value is -1.60. The predicted octanol–water partition coefficient (Wildman–Crippen LogP) is 3.65. The first-order chi connectivity index (χ1) is 8.86. The van der Waals surface area contributed by atoms with Crippen LogP contribution in [0.3, 0.4) is 0 Å². The number of hydrogen-bond acceptors (Lipinski definition) is 3. The lowest BCUT2D eigenvalue weighted by atomic mass is 9.81. The van der Waals surface area contributed by atoms with E-state index in [1.165, 1.54) is 19.3 Å². The van der Waals surface area contributed by atoms with E-state index in [2.05, 4.69) is 4.99 Å². The summed E-state index contributed by atoms with van der Waals surface area (Å²) in [6.45, 7) is 0. The highest BCUT2D eigenvalue weighted by Gasteiger charge is 2.26. The first kappa shape index (κ1) is 12.8.